The SMILES string of the molecule is O=C/C=C(\c1cccnc1)c1cc(NC(c2ccccc2)(c2ccccc2)c2ccccc2)nc2c1nnn2C(c1ccccc1)(c1ccccc1)c1ccccc1. The third-order valence-corrected chi connectivity index (χ3v) is 10.7. The second-order valence-electron chi connectivity index (χ2n) is 14.0. The lowest BCUT2D eigenvalue weighted by Gasteiger charge is -2.38. The zero-order valence-corrected chi connectivity index (χ0v) is 31.5. The van der Waals surface area contributed by atoms with Crippen LogP contribution < -0.4 is 5.32 Å². The van der Waals surface area contributed by atoms with E-state index in [-0.39, 0.29) is 0 Å². The fourth-order valence-electron chi connectivity index (χ4n) is 8.21. The molecule has 58 heavy (non-hydrogen) atoms. The third-order valence-electron chi connectivity index (χ3n) is 10.7. The van der Waals surface area contributed by atoms with Crippen molar-refractivity contribution in [2.75, 3.05) is 5.32 Å². The number of pyridine rings is 2. The van der Waals surface area contributed by atoms with Crippen LogP contribution in [0.4, 0.5) is 5.82 Å². The number of allylic oxidation sites excluding steroid dienone is 1. The molecule has 0 aliphatic rings. The molecular weight excluding hydrogens is 713 g/mol. The minimum absolute atomic E-state index is 0.514. The van der Waals surface area contributed by atoms with Crippen molar-refractivity contribution in [3.63, 3.8) is 0 Å². The summed E-state index contributed by atoms with van der Waals surface area (Å²) < 4.78 is 1.94. The highest BCUT2D eigenvalue weighted by Crippen LogP contribution is 2.44. The van der Waals surface area contributed by atoms with E-state index in [9.17, 15) is 4.79 Å². The summed E-state index contributed by atoms with van der Waals surface area (Å²) in [6, 6.07) is 68.0. The van der Waals surface area contributed by atoms with Gasteiger partial charge in [0.1, 0.15) is 28.7 Å². The summed E-state index contributed by atoms with van der Waals surface area (Å²) in [7, 11) is 0. The maximum atomic E-state index is 12.5. The zero-order valence-electron chi connectivity index (χ0n) is 31.5. The van der Waals surface area contributed by atoms with Crippen LogP contribution in [0.1, 0.15) is 44.5 Å². The number of carbonyl (C=O) groups excluding carboxylic acids is 1. The van der Waals surface area contributed by atoms with E-state index < -0.39 is 11.1 Å². The molecule has 278 valence electrons. The first-order valence-electron chi connectivity index (χ1n) is 19.2. The van der Waals surface area contributed by atoms with E-state index in [0.717, 1.165) is 45.2 Å². The predicted molar refractivity (Wildman–Crippen MR) is 230 cm³/mol. The average molecular weight is 751 g/mol. The number of hydrogen-bond acceptors (Lipinski definition) is 6. The summed E-state index contributed by atoms with van der Waals surface area (Å²) in [4.78, 5) is 22.5. The molecule has 0 saturated carbocycles. The van der Waals surface area contributed by atoms with E-state index in [2.05, 4.69) is 119 Å². The molecule has 9 aromatic rings. The molecule has 1 N–H and O–H groups in total. The highest BCUT2D eigenvalue weighted by Gasteiger charge is 2.42. The van der Waals surface area contributed by atoms with E-state index >= 15 is 0 Å². The molecule has 3 aromatic heterocycles. The predicted octanol–water partition coefficient (Wildman–Crippen LogP) is 10.1. The number of hydrogen-bond donors (Lipinski definition) is 1. The number of aromatic nitrogens is 5. The van der Waals surface area contributed by atoms with Gasteiger partial charge in [0.05, 0.1) is 0 Å². The number of benzene rings is 6. The molecule has 7 nitrogen and oxygen atoms in total. The van der Waals surface area contributed by atoms with Gasteiger partial charge in [-0.2, -0.15) is 0 Å². The highest BCUT2D eigenvalue weighted by atomic mass is 16.1. The molecule has 0 spiro atoms. The molecule has 7 heteroatoms. The molecule has 0 atom stereocenters. The van der Waals surface area contributed by atoms with Gasteiger partial charge in [-0.1, -0.05) is 193 Å². The van der Waals surface area contributed by atoms with Crippen LogP contribution in [-0.4, -0.2) is 31.2 Å². The first-order valence-corrected chi connectivity index (χ1v) is 19.2. The lowest BCUT2D eigenvalue weighted by Crippen LogP contribution is -2.39. The minimum Gasteiger partial charge on any atom is -0.353 e. The van der Waals surface area contributed by atoms with Crippen LogP contribution in [-0.2, 0) is 15.9 Å². The summed E-state index contributed by atoms with van der Waals surface area (Å²) in [5.74, 6) is 0.548. The van der Waals surface area contributed by atoms with Crippen molar-refractivity contribution in [2.45, 2.75) is 11.1 Å². The van der Waals surface area contributed by atoms with Crippen LogP contribution in [0.5, 0.6) is 0 Å². The van der Waals surface area contributed by atoms with Gasteiger partial charge >= 0.3 is 0 Å². The van der Waals surface area contributed by atoms with Gasteiger partial charge in [-0.15, -0.1) is 5.10 Å². The average Bonchev–Trinajstić information content (AvgIpc) is 3.74. The highest BCUT2D eigenvalue weighted by molar-refractivity contribution is 5.98. The Morgan fingerprint density at radius 1 is 0.552 bits per heavy atom. The summed E-state index contributed by atoms with van der Waals surface area (Å²) in [5, 5.41) is 14.0. The number of aldehydes is 1. The molecule has 0 unspecified atom stereocenters. The molecule has 0 aliphatic heterocycles. The Hall–Kier alpha value is -7.77. The number of carbonyl (C=O) groups is 1. The number of anilines is 1. The lowest BCUT2D eigenvalue weighted by molar-refractivity contribution is -0.104. The maximum absolute atomic E-state index is 12.5. The van der Waals surface area contributed by atoms with Crippen molar-refractivity contribution in [2.24, 2.45) is 0 Å². The Kier molecular flexibility index (Phi) is 9.76. The van der Waals surface area contributed by atoms with E-state index in [0.29, 0.717) is 28.1 Å². The topological polar surface area (TPSA) is 85.6 Å². The Morgan fingerprint density at radius 3 is 1.41 bits per heavy atom. The van der Waals surface area contributed by atoms with Gasteiger partial charge in [-0.25, -0.2) is 9.67 Å². The van der Waals surface area contributed by atoms with Crippen molar-refractivity contribution in [1.82, 2.24) is 25.0 Å². The molecule has 0 aliphatic carbocycles. The van der Waals surface area contributed by atoms with Crippen molar-refractivity contribution >= 4 is 28.8 Å². The standard InChI is InChI=1S/C51H38N6O/c58-35-33-45(38-20-19-34-52-37-38)46-36-47(54-50(39-21-7-1-8-22-39,40-23-9-2-10-24-40)41-25-11-3-12-26-41)53-49-48(46)55-56-57(49)51(42-27-13-4-14-28-42,43-29-15-5-16-30-43)44-31-17-6-18-32-44/h1-37H,(H,53,54)/b45-33+. The monoisotopic (exact) mass is 750 g/mol. The van der Waals surface area contributed by atoms with E-state index in [1.807, 2.05) is 95.7 Å². The molecule has 0 saturated heterocycles. The van der Waals surface area contributed by atoms with Gasteiger partial charge < -0.3 is 5.32 Å². The summed E-state index contributed by atoms with van der Waals surface area (Å²) >= 11 is 0. The van der Waals surface area contributed by atoms with E-state index in [4.69, 9.17) is 15.3 Å². The quantitative estimate of drug-likeness (QED) is 0.0760. The van der Waals surface area contributed by atoms with Gasteiger partial charge in [0.15, 0.2) is 5.65 Å². The molecule has 9 rings (SSSR count). The number of fused-ring (bicyclic) bond motifs is 1. The summed E-state index contributed by atoms with van der Waals surface area (Å²) in [6.07, 6.45) is 5.83. The second kappa shape index (κ2) is 15.8. The van der Waals surface area contributed by atoms with Crippen molar-refractivity contribution in [1.29, 1.82) is 0 Å². The molecule has 0 fully saturated rings. The molecule has 0 bridgehead atoms. The number of nitrogens with zero attached hydrogens (tertiary/aromatic N) is 5. The van der Waals surface area contributed by atoms with Crippen LogP contribution in [0, 0.1) is 0 Å². The second-order valence-corrected chi connectivity index (χ2v) is 14.0. The van der Waals surface area contributed by atoms with Crippen LogP contribution in [0.25, 0.3) is 16.7 Å². The first-order chi connectivity index (χ1) is 28.7. The Bertz CT molecular complexity index is 2600. The smallest absolute Gasteiger partial charge is 0.182 e. The molecule has 6 aromatic carbocycles. The van der Waals surface area contributed by atoms with E-state index in [1.54, 1.807) is 18.5 Å². The van der Waals surface area contributed by atoms with Crippen LogP contribution in [0.15, 0.2) is 219 Å². The van der Waals surface area contributed by atoms with Gasteiger partial charge in [0.25, 0.3) is 0 Å². The van der Waals surface area contributed by atoms with Crippen LogP contribution in [0.3, 0.4) is 0 Å². The molecule has 0 radical (unpaired) electrons. The van der Waals surface area contributed by atoms with E-state index in [1.165, 1.54) is 0 Å². The number of nitrogens with one attached hydrogen (secondary N) is 1. The zero-order chi connectivity index (χ0) is 39.2. The van der Waals surface area contributed by atoms with Crippen LogP contribution >= 0.6 is 0 Å². The Balaban J connectivity index is 1.41. The minimum atomic E-state index is -1.01. The third kappa shape index (κ3) is 6.25. The largest absolute Gasteiger partial charge is 0.353 e. The van der Waals surface area contributed by atoms with Crippen molar-refractivity contribution in [3.8, 4) is 0 Å². The van der Waals surface area contributed by atoms with Gasteiger partial charge in [0, 0.05) is 23.5 Å². The van der Waals surface area contributed by atoms with Crippen molar-refractivity contribution in [3.05, 3.63) is 263 Å². The van der Waals surface area contributed by atoms with Crippen molar-refractivity contribution < 1.29 is 4.79 Å². The molecule has 0 amide bonds. The summed E-state index contributed by atoms with van der Waals surface area (Å²) in [5.41, 5.74) is 7.17. The normalized spacial score (nSPS) is 12.0. The summed E-state index contributed by atoms with van der Waals surface area (Å²) in [6.45, 7) is 0. The molecular formula is C51H38N6O. The fraction of sp³-hybridized carbons (Fsp3) is 0.0392. The van der Waals surface area contributed by atoms with Gasteiger partial charge in [-0.3, -0.25) is 9.78 Å². The number of rotatable bonds is 12. The Labute approximate surface area is 337 Å². The fourth-order valence-corrected chi connectivity index (χ4v) is 8.21. The Morgan fingerprint density at radius 2 is 1.00 bits per heavy atom. The lowest BCUT2D eigenvalue weighted by atomic mass is 9.77. The molecule has 3 heterocycles. The van der Waals surface area contributed by atoms with Crippen LogP contribution in [0.2, 0.25) is 0 Å². The first kappa shape index (κ1) is 35.9. The van der Waals surface area contributed by atoms with Gasteiger partial charge in [0.2, 0.25) is 0 Å². The maximum Gasteiger partial charge on any atom is 0.182 e. The van der Waals surface area contributed by atoms with Gasteiger partial charge in [-0.05, 0) is 57.2 Å².